The zero-order valence-electron chi connectivity index (χ0n) is 12.7. The Bertz CT molecular complexity index is 713. The highest BCUT2D eigenvalue weighted by molar-refractivity contribution is 9.10. The van der Waals surface area contributed by atoms with Crippen LogP contribution in [-0.2, 0) is 20.8 Å². The van der Waals surface area contributed by atoms with Crippen LogP contribution in [0.5, 0.6) is 0 Å². The molecular weight excluding hydrogens is 411 g/mol. The first-order chi connectivity index (χ1) is 11.1. The van der Waals surface area contributed by atoms with Gasteiger partial charge in [-0.3, -0.25) is 4.79 Å². The molecule has 1 aliphatic carbocycles. The van der Waals surface area contributed by atoms with Crippen LogP contribution in [0.2, 0.25) is 0 Å². The minimum Gasteiger partial charge on any atom is -0.325 e. The standard InChI is InChI=1S/C15H17BrF3NO3S/c16-12-9-10(15(17,18)19)5-6-13(12)20-14(21)7-8-24(22,23)11-3-1-2-4-11/h5-6,9,11H,1-4,7-8H2,(H,20,21). The molecule has 0 atom stereocenters. The highest BCUT2D eigenvalue weighted by atomic mass is 79.9. The van der Waals surface area contributed by atoms with Crippen LogP contribution >= 0.6 is 15.9 Å². The lowest BCUT2D eigenvalue weighted by atomic mass is 10.2. The van der Waals surface area contributed by atoms with E-state index in [0.717, 1.165) is 31.0 Å². The smallest absolute Gasteiger partial charge is 0.325 e. The van der Waals surface area contributed by atoms with Gasteiger partial charge in [-0.2, -0.15) is 13.2 Å². The van der Waals surface area contributed by atoms with Crippen molar-refractivity contribution in [3.63, 3.8) is 0 Å². The molecule has 2 rings (SSSR count). The fraction of sp³-hybridized carbons (Fsp3) is 0.533. The molecule has 134 valence electrons. The van der Waals surface area contributed by atoms with E-state index in [0.29, 0.717) is 12.8 Å². The van der Waals surface area contributed by atoms with Gasteiger partial charge in [0.2, 0.25) is 5.91 Å². The molecule has 0 spiro atoms. The average molecular weight is 428 g/mol. The van der Waals surface area contributed by atoms with Gasteiger partial charge < -0.3 is 5.32 Å². The lowest BCUT2D eigenvalue weighted by Gasteiger charge is -2.13. The van der Waals surface area contributed by atoms with Gasteiger partial charge in [-0.25, -0.2) is 8.42 Å². The van der Waals surface area contributed by atoms with Crippen LogP contribution in [0.1, 0.15) is 37.7 Å². The number of hydrogen-bond acceptors (Lipinski definition) is 3. The number of amides is 1. The summed E-state index contributed by atoms with van der Waals surface area (Å²) in [5.74, 6) is -0.793. The molecule has 1 aromatic carbocycles. The van der Waals surface area contributed by atoms with E-state index in [4.69, 9.17) is 0 Å². The van der Waals surface area contributed by atoms with Gasteiger partial charge in [0.1, 0.15) is 0 Å². The highest BCUT2D eigenvalue weighted by Crippen LogP contribution is 2.34. The molecule has 0 aromatic heterocycles. The molecule has 0 radical (unpaired) electrons. The van der Waals surface area contributed by atoms with Crippen LogP contribution in [0.25, 0.3) is 0 Å². The van der Waals surface area contributed by atoms with Gasteiger partial charge in [0.25, 0.3) is 0 Å². The molecule has 0 unspecified atom stereocenters. The molecule has 0 bridgehead atoms. The molecule has 1 amide bonds. The van der Waals surface area contributed by atoms with Crippen molar-refractivity contribution in [1.29, 1.82) is 0 Å². The Balaban J connectivity index is 1.95. The number of hydrogen-bond donors (Lipinski definition) is 1. The van der Waals surface area contributed by atoms with E-state index in [1.807, 2.05) is 0 Å². The summed E-state index contributed by atoms with van der Waals surface area (Å²) in [4.78, 5) is 11.9. The summed E-state index contributed by atoms with van der Waals surface area (Å²) in [7, 11) is -3.30. The van der Waals surface area contributed by atoms with Gasteiger partial charge in [0.05, 0.1) is 22.3 Å². The van der Waals surface area contributed by atoms with Gasteiger partial charge in [0.15, 0.2) is 9.84 Å². The summed E-state index contributed by atoms with van der Waals surface area (Å²) >= 11 is 2.98. The van der Waals surface area contributed by atoms with Gasteiger partial charge in [-0.05, 0) is 47.0 Å². The van der Waals surface area contributed by atoms with E-state index < -0.39 is 27.5 Å². The van der Waals surface area contributed by atoms with Crippen molar-refractivity contribution in [1.82, 2.24) is 0 Å². The SMILES string of the molecule is O=C(CCS(=O)(=O)C1CCCC1)Nc1ccc(C(F)(F)F)cc1Br. The number of halogens is 4. The molecule has 1 aliphatic rings. The number of anilines is 1. The first-order valence-electron chi connectivity index (χ1n) is 7.48. The fourth-order valence-corrected chi connectivity index (χ4v) is 4.99. The number of rotatable bonds is 5. The van der Waals surface area contributed by atoms with Gasteiger partial charge in [-0.1, -0.05) is 12.8 Å². The zero-order chi connectivity index (χ0) is 18.0. The average Bonchev–Trinajstić information content (AvgIpc) is 3.01. The van der Waals surface area contributed by atoms with Crippen LogP contribution in [0, 0.1) is 0 Å². The summed E-state index contributed by atoms with van der Waals surface area (Å²) < 4.78 is 62.0. The summed E-state index contributed by atoms with van der Waals surface area (Å²) in [6.45, 7) is 0. The highest BCUT2D eigenvalue weighted by Gasteiger charge is 2.31. The Labute approximate surface area is 146 Å². The Hall–Kier alpha value is -1.09. The third-order valence-electron chi connectivity index (χ3n) is 3.99. The van der Waals surface area contributed by atoms with Gasteiger partial charge in [0, 0.05) is 10.9 Å². The number of carbonyl (C=O) groups is 1. The lowest BCUT2D eigenvalue weighted by molar-refractivity contribution is -0.137. The molecule has 9 heteroatoms. The van der Waals surface area contributed by atoms with Crippen LogP contribution < -0.4 is 5.32 Å². The molecule has 1 saturated carbocycles. The van der Waals surface area contributed by atoms with Crippen LogP contribution in [0.15, 0.2) is 22.7 Å². The summed E-state index contributed by atoms with van der Waals surface area (Å²) in [5.41, 5.74) is -0.664. The molecule has 24 heavy (non-hydrogen) atoms. The fourth-order valence-electron chi connectivity index (χ4n) is 2.65. The number of sulfone groups is 1. The molecule has 0 heterocycles. The molecule has 1 aromatic rings. The topological polar surface area (TPSA) is 63.2 Å². The predicted octanol–water partition coefficient (Wildman–Crippen LogP) is 4.15. The number of benzene rings is 1. The number of nitrogens with one attached hydrogen (secondary N) is 1. The molecule has 0 aliphatic heterocycles. The second-order valence-corrected chi connectivity index (χ2v) is 9.02. The Morgan fingerprint density at radius 1 is 1.25 bits per heavy atom. The quantitative estimate of drug-likeness (QED) is 0.767. The minimum atomic E-state index is -4.47. The van der Waals surface area contributed by atoms with Crippen molar-refractivity contribution in [2.45, 2.75) is 43.5 Å². The molecule has 1 N–H and O–H groups in total. The first kappa shape index (κ1) is 19.2. The van der Waals surface area contributed by atoms with E-state index in [1.54, 1.807) is 0 Å². The van der Waals surface area contributed by atoms with E-state index >= 15 is 0 Å². The molecule has 4 nitrogen and oxygen atoms in total. The van der Waals surface area contributed by atoms with Crippen molar-refractivity contribution in [2.24, 2.45) is 0 Å². The third kappa shape index (κ3) is 4.95. The van der Waals surface area contributed by atoms with Crippen LogP contribution in [0.3, 0.4) is 0 Å². The maximum absolute atomic E-state index is 12.6. The Morgan fingerprint density at radius 3 is 2.42 bits per heavy atom. The molecule has 0 saturated heterocycles. The van der Waals surface area contributed by atoms with Gasteiger partial charge >= 0.3 is 6.18 Å². The normalized spacial score (nSPS) is 16.3. The van der Waals surface area contributed by atoms with E-state index in [9.17, 15) is 26.4 Å². The van der Waals surface area contributed by atoms with Gasteiger partial charge in [-0.15, -0.1) is 0 Å². The van der Waals surface area contributed by atoms with E-state index in [-0.39, 0.29) is 27.6 Å². The van der Waals surface area contributed by atoms with Crippen molar-refractivity contribution >= 4 is 37.4 Å². The predicted molar refractivity (Wildman–Crippen MR) is 88.4 cm³/mol. The van der Waals surface area contributed by atoms with Crippen molar-refractivity contribution in [2.75, 3.05) is 11.1 Å². The largest absolute Gasteiger partial charge is 0.416 e. The maximum Gasteiger partial charge on any atom is 0.416 e. The summed E-state index contributed by atoms with van der Waals surface area (Å²) in [6, 6.07) is 2.86. The Morgan fingerprint density at radius 2 is 1.88 bits per heavy atom. The van der Waals surface area contributed by atoms with Crippen molar-refractivity contribution in [3.8, 4) is 0 Å². The first-order valence-corrected chi connectivity index (χ1v) is 9.98. The maximum atomic E-state index is 12.6. The minimum absolute atomic E-state index is 0.0873. The van der Waals surface area contributed by atoms with E-state index in [1.165, 1.54) is 0 Å². The monoisotopic (exact) mass is 427 g/mol. The summed E-state index contributed by atoms with van der Waals surface area (Å²) in [5, 5.41) is 2.06. The number of alkyl halides is 3. The molecule has 1 fully saturated rings. The van der Waals surface area contributed by atoms with Crippen molar-refractivity contribution < 1.29 is 26.4 Å². The summed E-state index contributed by atoms with van der Waals surface area (Å²) in [6.07, 6.45) is -1.65. The van der Waals surface area contributed by atoms with Crippen LogP contribution in [-0.4, -0.2) is 25.3 Å². The lowest BCUT2D eigenvalue weighted by Crippen LogP contribution is -2.24. The molecular formula is C15H17BrF3NO3S. The second-order valence-electron chi connectivity index (χ2n) is 5.76. The number of carbonyl (C=O) groups excluding carboxylic acids is 1. The third-order valence-corrected chi connectivity index (χ3v) is 6.91. The van der Waals surface area contributed by atoms with Crippen molar-refractivity contribution in [3.05, 3.63) is 28.2 Å². The zero-order valence-corrected chi connectivity index (χ0v) is 15.1. The van der Waals surface area contributed by atoms with Crippen LogP contribution in [0.4, 0.5) is 18.9 Å². The van der Waals surface area contributed by atoms with E-state index in [2.05, 4.69) is 21.2 Å². The Kier molecular flexibility index (Phi) is 5.95. The second kappa shape index (κ2) is 7.43.